The third-order valence-electron chi connectivity index (χ3n) is 5.35. The second-order valence-corrected chi connectivity index (χ2v) is 6.91. The first-order chi connectivity index (χ1) is 12.1. The van der Waals surface area contributed by atoms with Gasteiger partial charge in [0, 0.05) is 32.5 Å². The van der Waals surface area contributed by atoms with E-state index in [1.165, 1.54) is 0 Å². The lowest BCUT2D eigenvalue weighted by Crippen LogP contribution is -2.57. The molecule has 0 aliphatic carbocycles. The summed E-state index contributed by atoms with van der Waals surface area (Å²) < 4.78 is 5.35. The Kier molecular flexibility index (Phi) is 5.71. The number of carbonyl (C=O) groups is 2. The van der Waals surface area contributed by atoms with Gasteiger partial charge in [-0.1, -0.05) is 18.2 Å². The number of amides is 2. The topological polar surface area (TPSA) is 75.9 Å². The van der Waals surface area contributed by atoms with Crippen molar-refractivity contribution in [2.75, 3.05) is 31.7 Å². The Morgan fingerprint density at radius 1 is 1.24 bits per heavy atom. The van der Waals surface area contributed by atoms with Gasteiger partial charge < -0.3 is 20.3 Å². The molecule has 2 aliphatic heterocycles. The number of carbonyl (C=O) groups excluding carboxylic acids is 2. The molecule has 0 aromatic heterocycles. The Labute approximate surface area is 148 Å². The van der Waals surface area contributed by atoms with Gasteiger partial charge in [-0.25, -0.2) is 0 Å². The molecule has 2 atom stereocenters. The number of piperidine rings is 1. The van der Waals surface area contributed by atoms with Gasteiger partial charge in [0.1, 0.15) is 6.04 Å². The highest BCUT2D eigenvalue weighted by Gasteiger charge is 2.37. The molecule has 2 fully saturated rings. The zero-order chi connectivity index (χ0) is 17.8. The van der Waals surface area contributed by atoms with Crippen LogP contribution in [-0.2, 0) is 14.3 Å². The van der Waals surface area contributed by atoms with Gasteiger partial charge in [0.05, 0.1) is 6.04 Å². The first-order valence-electron chi connectivity index (χ1n) is 9.06. The van der Waals surface area contributed by atoms with Crippen LogP contribution in [0.15, 0.2) is 30.3 Å². The van der Waals surface area contributed by atoms with E-state index in [4.69, 9.17) is 10.5 Å². The maximum absolute atomic E-state index is 12.9. The maximum Gasteiger partial charge on any atom is 0.249 e. The molecule has 3 rings (SSSR count). The summed E-state index contributed by atoms with van der Waals surface area (Å²) in [6, 6.07) is 8.62. The molecule has 136 valence electrons. The fourth-order valence-corrected chi connectivity index (χ4v) is 3.75. The summed E-state index contributed by atoms with van der Waals surface area (Å²) >= 11 is 0. The highest BCUT2D eigenvalue weighted by atomic mass is 16.5. The Hall–Kier alpha value is -1.92. The van der Waals surface area contributed by atoms with Gasteiger partial charge in [-0.3, -0.25) is 9.59 Å². The molecule has 6 heteroatoms. The van der Waals surface area contributed by atoms with Crippen LogP contribution in [0.3, 0.4) is 0 Å². The molecular formula is C19H27N3O3. The van der Waals surface area contributed by atoms with Crippen molar-refractivity contribution in [2.24, 2.45) is 11.7 Å². The van der Waals surface area contributed by atoms with E-state index < -0.39 is 12.1 Å². The lowest BCUT2D eigenvalue weighted by atomic mass is 9.91. The first-order valence-corrected chi connectivity index (χ1v) is 9.06. The normalized spacial score (nSPS) is 23.4. The molecule has 0 radical (unpaired) electrons. The van der Waals surface area contributed by atoms with Gasteiger partial charge >= 0.3 is 0 Å². The molecule has 1 aromatic rings. The van der Waals surface area contributed by atoms with Gasteiger partial charge in [-0.2, -0.15) is 0 Å². The molecule has 25 heavy (non-hydrogen) atoms. The molecule has 2 unspecified atom stereocenters. The lowest BCUT2D eigenvalue weighted by molar-refractivity contribution is -0.141. The van der Waals surface area contributed by atoms with Crippen LogP contribution in [0.25, 0.3) is 0 Å². The summed E-state index contributed by atoms with van der Waals surface area (Å²) in [7, 11) is 1.71. The van der Waals surface area contributed by atoms with E-state index in [-0.39, 0.29) is 17.7 Å². The van der Waals surface area contributed by atoms with E-state index in [0.717, 1.165) is 24.9 Å². The maximum atomic E-state index is 12.9. The van der Waals surface area contributed by atoms with Crippen LogP contribution in [0.4, 0.5) is 5.69 Å². The van der Waals surface area contributed by atoms with Crippen molar-refractivity contribution in [2.45, 2.75) is 37.8 Å². The number of ether oxygens (including phenoxy) is 1. The Balaban J connectivity index is 1.69. The van der Waals surface area contributed by atoms with Crippen LogP contribution in [0, 0.1) is 5.92 Å². The SMILES string of the molecule is CN(C(=O)C(N)C1CCOCC1)C1CCCN(c2ccccc2)C1=O. The van der Waals surface area contributed by atoms with E-state index in [1.54, 1.807) is 16.8 Å². The zero-order valence-corrected chi connectivity index (χ0v) is 14.8. The van der Waals surface area contributed by atoms with E-state index in [1.807, 2.05) is 30.3 Å². The predicted molar refractivity (Wildman–Crippen MR) is 96.1 cm³/mol. The third-order valence-corrected chi connectivity index (χ3v) is 5.35. The van der Waals surface area contributed by atoms with E-state index in [2.05, 4.69) is 0 Å². The van der Waals surface area contributed by atoms with Crippen LogP contribution in [-0.4, -0.2) is 55.6 Å². The molecule has 6 nitrogen and oxygen atoms in total. The summed E-state index contributed by atoms with van der Waals surface area (Å²) in [5.74, 6) is -0.0275. The van der Waals surface area contributed by atoms with Gasteiger partial charge in [0.2, 0.25) is 11.8 Å². The largest absolute Gasteiger partial charge is 0.381 e. The second kappa shape index (κ2) is 7.97. The van der Waals surface area contributed by atoms with Gasteiger partial charge in [0.15, 0.2) is 0 Å². The predicted octanol–water partition coefficient (Wildman–Crippen LogP) is 1.39. The standard InChI is InChI=1S/C19H27N3O3/c1-21(19(24)17(20)14-9-12-25-13-10-14)16-8-5-11-22(18(16)23)15-6-3-2-4-7-15/h2-4,6-7,14,16-17H,5,8-13,20H2,1H3. The van der Waals surface area contributed by atoms with Crippen molar-refractivity contribution >= 4 is 17.5 Å². The number of anilines is 1. The lowest BCUT2D eigenvalue weighted by Gasteiger charge is -2.38. The number of nitrogens with two attached hydrogens (primary N) is 1. The van der Waals surface area contributed by atoms with Crippen molar-refractivity contribution in [1.82, 2.24) is 4.90 Å². The zero-order valence-electron chi connectivity index (χ0n) is 14.8. The minimum absolute atomic E-state index is 0.0209. The Morgan fingerprint density at radius 2 is 1.92 bits per heavy atom. The summed E-state index contributed by atoms with van der Waals surface area (Å²) in [6.07, 6.45) is 3.16. The highest BCUT2D eigenvalue weighted by molar-refractivity contribution is 6.00. The van der Waals surface area contributed by atoms with Crippen LogP contribution in [0.2, 0.25) is 0 Å². The van der Waals surface area contributed by atoms with E-state index in [9.17, 15) is 9.59 Å². The molecule has 1 aromatic carbocycles. The minimum Gasteiger partial charge on any atom is -0.381 e. The number of para-hydroxylation sites is 1. The first kappa shape index (κ1) is 17.9. The van der Waals surface area contributed by atoms with Crippen molar-refractivity contribution < 1.29 is 14.3 Å². The van der Waals surface area contributed by atoms with Gasteiger partial charge in [0.25, 0.3) is 0 Å². The number of hydrogen-bond acceptors (Lipinski definition) is 4. The van der Waals surface area contributed by atoms with Crippen molar-refractivity contribution in [3.63, 3.8) is 0 Å². The average molecular weight is 345 g/mol. The summed E-state index contributed by atoms with van der Waals surface area (Å²) in [5.41, 5.74) is 7.10. The Bertz CT molecular complexity index is 601. The molecule has 2 amide bonds. The fourth-order valence-electron chi connectivity index (χ4n) is 3.75. The van der Waals surface area contributed by atoms with Crippen LogP contribution in [0.5, 0.6) is 0 Å². The highest BCUT2D eigenvalue weighted by Crippen LogP contribution is 2.25. The van der Waals surface area contributed by atoms with Crippen molar-refractivity contribution in [3.8, 4) is 0 Å². The van der Waals surface area contributed by atoms with Crippen molar-refractivity contribution in [1.29, 1.82) is 0 Å². The molecule has 2 N–H and O–H groups in total. The summed E-state index contributed by atoms with van der Waals surface area (Å²) in [6.45, 7) is 1.99. The number of rotatable bonds is 4. The molecule has 2 heterocycles. The number of nitrogens with zero attached hydrogens (tertiary/aromatic N) is 2. The minimum atomic E-state index is -0.561. The smallest absolute Gasteiger partial charge is 0.249 e. The molecule has 2 aliphatic rings. The number of hydrogen-bond donors (Lipinski definition) is 1. The molecular weight excluding hydrogens is 318 g/mol. The molecule has 2 saturated heterocycles. The summed E-state index contributed by atoms with van der Waals surface area (Å²) in [5, 5.41) is 0. The number of benzene rings is 1. The quantitative estimate of drug-likeness (QED) is 0.895. The van der Waals surface area contributed by atoms with E-state index in [0.29, 0.717) is 26.2 Å². The third kappa shape index (κ3) is 3.85. The summed E-state index contributed by atoms with van der Waals surface area (Å²) in [4.78, 5) is 29.1. The fraction of sp³-hybridized carbons (Fsp3) is 0.579. The molecule has 0 spiro atoms. The Morgan fingerprint density at radius 3 is 2.60 bits per heavy atom. The molecule has 0 saturated carbocycles. The van der Waals surface area contributed by atoms with Crippen LogP contribution >= 0.6 is 0 Å². The van der Waals surface area contributed by atoms with Crippen LogP contribution < -0.4 is 10.6 Å². The molecule has 0 bridgehead atoms. The number of likely N-dealkylation sites (N-methyl/N-ethyl adjacent to an activating group) is 1. The van der Waals surface area contributed by atoms with Gasteiger partial charge in [-0.15, -0.1) is 0 Å². The van der Waals surface area contributed by atoms with Crippen LogP contribution in [0.1, 0.15) is 25.7 Å². The van der Waals surface area contributed by atoms with Gasteiger partial charge in [-0.05, 0) is 43.7 Å². The monoisotopic (exact) mass is 345 g/mol. The van der Waals surface area contributed by atoms with E-state index >= 15 is 0 Å². The van der Waals surface area contributed by atoms with Crippen molar-refractivity contribution in [3.05, 3.63) is 30.3 Å². The second-order valence-electron chi connectivity index (χ2n) is 6.91. The average Bonchev–Trinajstić information content (AvgIpc) is 2.68.